The number of allylic oxidation sites excluding steroid dienone is 2. The Bertz CT molecular complexity index is 1240. The first-order chi connectivity index (χ1) is 21.3. The topological polar surface area (TPSA) is 177 Å². The Balaban J connectivity index is 1.36. The van der Waals surface area contributed by atoms with E-state index in [0.717, 1.165) is 38.5 Å². The zero-order valence-corrected chi connectivity index (χ0v) is 28.5. The molecular formula is C36H58O10. The van der Waals surface area contributed by atoms with E-state index in [4.69, 9.17) is 9.47 Å². The number of carbonyl (C=O) groups is 1. The summed E-state index contributed by atoms with van der Waals surface area (Å²) in [5, 5.41) is 73.8. The number of ether oxygens (including phenoxy) is 2. The van der Waals surface area contributed by atoms with Crippen LogP contribution in [0.15, 0.2) is 11.6 Å². The second kappa shape index (κ2) is 11.2. The number of fused-ring (bicyclic) bond motifs is 7. The Morgan fingerprint density at radius 2 is 1.54 bits per heavy atom. The van der Waals surface area contributed by atoms with Crippen LogP contribution >= 0.6 is 0 Å². The van der Waals surface area contributed by atoms with Gasteiger partial charge in [0.15, 0.2) is 0 Å². The third kappa shape index (κ3) is 4.60. The van der Waals surface area contributed by atoms with Crippen molar-refractivity contribution in [1.29, 1.82) is 0 Å². The van der Waals surface area contributed by atoms with Gasteiger partial charge in [0.1, 0.15) is 24.4 Å². The standard InChI is InChI=1S/C36H58O10/c1-31(2)11-13-36(30(44)46-29-27(42)26(41)25(40)22(17-37)45-29)14-12-34(5)19(20(36)15-31)7-8-24-32(3)16-21(39)28(43)33(4,18-38)23(32)9-10-35(24,34)6/h7,20-29,37-43H,8-18H2,1-6H3/t20-,21+,22-,23+,24+,25-,26+,27-,28-,29+,32-,33-,34+,35+,36-/m0/s1. The minimum Gasteiger partial charge on any atom is -0.432 e. The Labute approximate surface area is 273 Å². The Kier molecular flexibility index (Phi) is 8.46. The molecule has 5 aliphatic carbocycles. The van der Waals surface area contributed by atoms with Crippen LogP contribution in [0.3, 0.4) is 0 Å². The third-order valence-corrected chi connectivity index (χ3v) is 15.2. The highest BCUT2D eigenvalue weighted by atomic mass is 16.7. The van der Waals surface area contributed by atoms with E-state index in [1.54, 1.807) is 0 Å². The quantitative estimate of drug-likeness (QED) is 0.177. The van der Waals surface area contributed by atoms with E-state index in [-0.39, 0.29) is 46.0 Å². The molecule has 10 heteroatoms. The van der Waals surface area contributed by atoms with Crippen molar-refractivity contribution in [2.75, 3.05) is 13.2 Å². The molecule has 6 aliphatic rings. The number of aliphatic hydroxyl groups is 7. The molecule has 10 nitrogen and oxygen atoms in total. The maximum Gasteiger partial charge on any atom is 0.315 e. The Morgan fingerprint density at radius 1 is 0.870 bits per heavy atom. The minimum atomic E-state index is -1.65. The second-order valence-electron chi connectivity index (χ2n) is 17.9. The summed E-state index contributed by atoms with van der Waals surface area (Å²) in [5.74, 6) is -0.293. The van der Waals surface area contributed by atoms with Gasteiger partial charge in [0, 0.05) is 5.41 Å². The molecule has 4 saturated carbocycles. The number of aliphatic hydroxyl groups excluding tert-OH is 7. The normalized spacial score (nSPS) is 54.8. The molecule has 15 atom stereocenters. The molecule has 5 fully saturated rings. The molecule has 262 valence electrons. The van der Waals surface area contributed by atoms with Gasteiger partial charge in [-0.3, -0.25) is 4.79 Å². The van der Waals surface area contributed by atoms with Crippen LogP contribution in [0.5, 0.6) is 0 Å². The fraction of sp³-hybridized carbons (Fsp3) is 0.917. The Hall–Kier alpha value is -1.11. The monoisotopic (exact) mass is 650 g/mol. The second-order valence-corrected chi connectivity index (χ2v) is 17.9. The summed E-state index contributed by atoms with van der Waals surface area (Å²) < 4.78 is 11.5. The zero-order valence-electron chi connectivity index (χ0n) is 28.5. The molecule has 6 rings (SSSR count). The van der Waals surface area contributed by atoms with Gasteiger partial charge in [-0.2, -0.15) is 0 Å². The van der Waals surface area contributed by atoms with Crippen LogP contribution in [0.1, 0.15) is 99.3 Å². The highest BCUT2D eigenvalue weighted by molar-refractivity contribution is 5.79. The molecule has 0 amide bonds. The summed E-state index contributed by atoms with van der Waals surface area (Å²) in [4.78, 5) is 14.4. The van der Waals surface area contributed by atoms with Crippen molar-refractivity contribution in [3.63, 3.8) is 0 Å². The van der Waals surface area contributed by atoms with Crippen molar-refractivity contribution >= 4 is 5.97 Å². The van der Waals surface area contributed by atoms with E-state index in [1.807, 2.05) is 6.92 Å². The van der Waals surface area contributed by atoms with Crippen molar-refractivity contribution in [2.24, 2.45) is 50.2 Å². The lowest BCUT2D eigenvalue weighted by Crippen LogP contribution is -2.68. The molecule has 0 unspecified atom stereocenters. The molecular weight excluding hydrogens is 592 g/mol. The SMILES string of the molecule is CC1(C)CC[C@]2(C(=O)O[C@H]3O[C@@H](CO)[C@H](O)[C@@H](O)[C@@H]3O)CC[C@]3(C)C(=CC[C@@H]4[C@@]5(C)C[C@@H](O)[C@H](O)[C@@](C)(CO)[C@@H]5CC[C@]43C)[C@@H]2C1. The average Bonchev–Trinajstić information content (AvgIpc) is 3.00. The smallest absolute Gasteiger partial charge is 0.315 e. The molecule has 0 bridgehead atoms. The highest BCUT2D eigenvalue weighted by Gasteiger charge is 2.71. The van der Waals surface area contributed by atoms with Crippen molar-refractivity contribution in [3.05, 3.63) is 11.6 Å². The van der Waals surface area contributed by atoms with Crippen LogP contribution in [0, 0.1) is 50.2 Å². The third-order valence-electron chi connectivity index (χ3n) is 15.2. The van der Waals surface area contributed by atoms with Crippen molar-refractivity contribution in [1.82, 2.24) is 0 Å². The van der Waals surface area contributed by atoms with Crippen LogP contribution in [0.4, 0.5) is 0 Å². The minimum absolute atomic E-state index is 0.00930. The van der Waals surface area contributed by atoms with Gasteiger partial charge in [-0.15, -0.1) is 0 Å². The fourth-order valence-corrected chi connectivity index (χ4v) is 12.1. The van der Waals surface area contributed by atoms with Crippen molar-refractivity contribution < 1.29 is 50.0 Å². The first-order valence-electron chi connectivity index (χ1n) is 17.5. The van der Waals surface area contributed by atoms with Crippen molar-refractivity contribution in [3.8, 4) is 0 Å². The summed E-state index contributed by atoms with van der Waals surface area (Å²) in [6.07, 6.45) is -0.357. The molecule has 0 spiro atoms. The maximum absolute atomic E-state index is 14.4. The van der Waals surface area contributed by atoms with E-state index < -0.39 is 66.3 Å². The average molecular weight is 651 g/mol. The molecule has 1 saturated heterocycles. The van der Waals surface area contributed by atoms with E-state index in [1.165, 1.54) is 5.57 Å². The predicted molar refractivity (Wildman–Crippen MR) is 168 cm³/mol. The van der Waals surface area contributed by atoms with Gasteiger partial charge in [-0.05, 0) is 97.2 Å². The first-order valence-corrected chi connectivity index (χ1v) is 17.5. The van der Waals surface area contributed by atoms with Gasteiger partial charge in [0.2, 0.25) is 6.29 Å². The lowest BCUT2D eigenvalue weighted by Gasteiger charge is -2.71. The number of carbonyl (C=O) groups excluding carboxylic acids is 1. The van der Waals surface area contributed by atoms with Gasteiger partial charge < -0.3 is 45.2 Å². The molecule has 7 N–H and O–H groups in total. The summed E-state index contributed by atoms with van der Waals surface area (Å²) in [5.41, 5.74) is -1.02. The van der Waals surface area contributed by atoms with Gasteiger partial charge in [0.25, 0.3) is 0 Å². The van der Waals surface area contributed by atoms with E-state index >= 15 is 0 Å². The molecule has 0 radical (unpaired) electrons. The molecule has 1 aliphatic heterocycles. The Morgan fingerprint density at radius 3 is 2.20 bits per heavy atom. The summed E-state index contributed by atoms with van der Waals surface area (Å²) >= 11 is 0. The van der Waals surface area contributed by atoms with Crippen LogP contribution in [-0.4, -0.2) is 97.8 Å². The molecule has 0 aromatic carbocycles. The highest BCUT2D eigenvalue weighted by Crippen LogP contribution is 2.75. The number of rotatable bonds is 4. The number of hydrogen-bond donors (Lipinski definition) is 7. The van der Waals surface area contributed by atoms with Gasteiger partial charge in [-0.1, -0.05) is 53.2 Å². The van der Waals surface area contributed by atoms with Crippen LogP contribution in [-0.2, 0) is 14.3 Å². The van der Waals surface area contributed by atoms with E-state index in [2.05, 4.69) is 40.7 Å². The maximum atomic E-state index is 14.4. The summed E-state index contributed by atoms with van der Waals surface area (Å²) in [7, 11) is 0. The molecule has 46 heavy (non-hydrogen) atoms. The predicted octanol–water partition coefficient (Wildman–Crippen LogP) is 2.44. The molecule has 0 aromatic rings. The lowest BCUT2D eigenvalue weighted by molar-refractivity contribution is -0.297. The molecule has 1 heterocycles. The lowest BCUT2D eigenvalue weighted by atomic mass is 9.33. The summed E-state index contributed by atoms with van der Waals surface area (Å²) in [6, 6.07) is 0. The van der Waals surface area contributed by atoms with Crippen LogP contribution < -0.4 is 0 Å². The zero-order chi connectivity index (χ0) is 33.8. The van der Waals surface area contributed by atoms with Gasteiger partial charge in [0.05, 0.1) is 30.8 Å². The first kappa shape index (κ1) is 34.7. The van der Waals surface area contributed by atoms with E-state index in [9.17, 15) is 40.5 Å². The summed E-state index contributed by atoms with van der Waals surface area (Å²) in [6.45, 7) is 12.7. The van der Waals surface area contributed by atoms with Crippen LogP contribution in [0.2, 0.25) is 0 Å². The van der Waals surface area contributed by atoms with Gasteiger partial charge >= 0.3 is 5.97 Å². The largest absolute Gasteiger partial charge is 0.432 e. The van der Waals surface area contributed by atoms with Crippen molar-refractivity contribution in [2.45, 2.75) is 142 Å². The fourth-order valence-electron chi connectivity index (χ4n) is 12.1. The van der Waals surface area contributed by atoms with Gasteiger partial charge in [-0.25, -0.2) is 0 Å². The number of esters is 1. The number of hydrogen-bond acceptors (Lipinski definition) is 10. The van der Waals surface area contributed by atoms with Crippen LogP contribution in [0.25, 0.3) is 0 Å². The van der Waals surface area contributed by atoms with E-state index in [0.29, 0.717) is 19.3 Å². The molecule has 0 aromatic heterocycles.